The van der Waals surface area contributed by atoms with Gasteiger partial charge in [-0.1, -0.05) is 29.8 Å². The van der Waals surface area contributed by atoms with Crippen molar-refractivity contribution in [3.8, 4) is 0 Å². The van der Waals surface area contributed by atoms with Gasteiger partial charge < -0.3 is 11.1 Å². The second kappa shape index (κ2) is 5.51. The van der Waals surface area contributed by atoms with Gasteiger partial charge in [0.25, 0.3) is 0 Å². The second-order valence-electron chi connectivity index (χ2n) is 3.82. The summed E-state index contributed by atoms with van der Waals surface area (Å²) in [4.78, 5) is 11.2. The fourth-order valence-electron chi connectivity index (χ4n) is 1.25. The quantitative estimate of drug-likeness (QED) is 0.772. The summed E-state index contributed by atoms with van der Waals surface area (Å²) in [5.74, 6) is -0.0953. The molecule has 3 heteroatoms. The zero-order valence-electron chi connectivity index (χ0n) is 9.29. The summed E-state index contributed by atoms with van der Waals surface area (Å²) in [5, 5.41) is 2.78. The standard InChI is InChI=1S/C12H18N2O/c1-9-3-5-11(6-4-9)7-8-14-12(15)10(2)13/h3-6,10H,7-8,13H2,1-2H3,(H,14,15)/t10-/m0/s1. The van der Waals surface area contributed by atoms with Crippen molar-refractivity contribution in [3.05, 3.63) is 35.4 Å². The van der Waals surface area contributed by atoms with E-state index in [1.165, 1.54) is 11.1 Å². The van der Waals surface area contributed by atoms with E-state index in [0.717, 1.165) is 6.42 Å². The first kappa shape index (κ1) is 11.7. The van der Waals surface area contributed by atoms with Gasteiger partial charge in [-0.25, -0.2) is 0 Å². The van der Waals surface area contributed by atoms with Gasteiger partial charge in [0.05, 0.1) is 6.04 Å². The van der Waals surface area contributed by atoms with Crippen LogP contribution in [0.1, 0.15) is 18.1 Å². The van der Waals surface area contributed by atoms with Gasteiger partial charge in [-0.15, -0.1) is 0 Å². The first-order chi connectivity index (χ1) is 7.09. The number of nitrogens with one attached hydrogen (secondary N) is 1. The Morgan fingerprint density at radius 1 is 1.40 bits per heavy atom. The zero-order chi connectivity index (χ0) is 11.3. The molecule has 0 spiro atoms. The van der Waals surface area contributed by atoms with E-state index in [2.05, 4.69) is 36.5 Å². The maximum absolute atomic E-state index is 11.2. The van der Waals surface area contributed by atoms with Crippen LogP contribution in [0.15, 0.2) is 24.3 Å². The molecule has 1 amide bonds. The molecule has 0 unspecified atom stereocenters. The molecule has 0 saturated heterocycles. The lowest BCUT2D eigenvalue weighted by Crippen LogP contribution is -2.39. The Balaban J connectivity index is 2.32. The fourth-order valence-corrected chi connectivity index (χ4v) is 1.25. The van der Waals surface area contributed by atoms with E-state index in [0.29, 0.717) is 6.54 Å². The summed E-state index contributed by atoms with van der Waals surface area (Å²) >= 11 is 0. The van der Waals surface area contributed by atoms with Crippen LogP contribution in [0, 0.1) is 6.92 Å². The first-order valence-corrected chi connectivity index (χ1v) is 5.18. The SMILES string of the molecule is Cc1ccc(CCNC(=O)[C@H](C)N)cc1. The van der Waals surface area contributed by atoms with Crippen LogP contribution in [-0.2, 0) is 11.2 Å². The monoisotopic (exact) mass is 206 g/mol. The summed E-state index contributed by atoms with van der Waals surface area (Å²) in [6.07, 6.45) is 0.846. The molecule has 3 N–H and O–H groups in total. The molecule has 0 heterocycles. The van der Waals surface area contributed by atoms with Crippen molar-refractivity contribution >= 4 is 5.91 Å². The van der Waals surface area contributed by atoms with Crippen molar-refractivity contribution in [3.63, 3.8) is 0 Å². The summed E-state index contributed by atoms with van der Waals surface area (Å²) in [5.41, 5.74) is 7.90. The highest BCUT2D eigenvalue weighted by Crippen LogP contribution is 2.02. The lowest BCUT2D eigenvalue weighted by molar-refractivity contribution is -0.121. The number of aryl methyl sites for hydroxylation is 1. The van der Waals surface area contributed by atoms with Crippen LogP contribution in [0.25, 0.3) is 0 Å². The highest BCUT2D eigenvalue weighted by molar-refractivity contribution is 5.80. The minimum absolute atomic E-state index is 0.0953. The van der Waals surface area contributed by atoms with Gasteiger partial charge in [0.2, 0.25) is 5.91 Å². The number of amides is 1. The molecule has 0 radical (unpaired) electrons. The van der Waals surface area contributed by atoms with E-state index >= 15 is 0 Å². The van der Waals surface area contributed by atoms with Crippen molar-refractivity contribution in [1.82, 2.24) is 5.32 Å². The van der Waals surface area contributed by atoms with Crippen LogP contribution < -0.4 is 11.1 Å². The molecule has 0 aliphatic carbocycles. The summed E-state index contributed by atoms with van der Waals surface area (Å²) in [7, 11) is 0. The smallest absolute Gasteiger partial charge is 0.236 e. The molecular formula is C12H18N2O. The van der Waals surface area contributed by atoms with Gasteiger partial charge in [-0.3, -0.25) is 4.79 Å². The molecule has 1 aromatic carbocycles. The predicted octanol–water partition coefficient (Wildman–Crippen LogP) is 1.00. The second-order valence-corrected chi connectivity index (χ2v) is 3.82. The van der Waals surface area contributed by atoms with Crippen molar-refractivity contribution in [2.75, 3.05) is 6.54 Å². The molecule has 0 aromatic heterocycles. The zero-order valence-corrected chi connectivity index (χ0v) is 9.29. The molecule has 3 nitrogen and oxygen atoms in total. The molecule has 1 rings (SSSR count). The Morgan fingerprint density at radius 2 is 2.00 bits per heavy atom. The highest BCUT2D eigenvalue weighted by atomic mass is 16.2. The third kappa shape index (κ3) is 4.13. The summed E-state index contributed by atoms with van der Waals surface area (Å²) < 4.78 is 0. The molecule has 0 fully saturated rings. The molecule has 82 valence electrons. The minimum Gasteiger partial charge on any atom is -0.354 e. The van der Waals surface area contributed by atoms with E-state index < -0.39 is 6.04 Å². The maximum Gasteiger partial charge on any atom is 0.236 e. The largest absolute Gasteiger partial charge is 0.354 e. The number of hydrogen-bond acceptors (Lipinski definition) is 2. The van der Waals surface area contributed by atoms with Crippen molar-refractivity contribution < 1.29 is 4.79 Å². The first-order valence-electron chi connectivity index (χ1n) is 5.18. The molecule has 1 aromatic rings. The van der Waals surface area contributed by atoms with Gasteiger partial charge in [-0.05, 0) is 25.8 Å². The Hall–Kier alpha value is -1.35. The average molecular weight is 206 g/mol. The number of nitrogens with two attached hydrogens (primary N) is 1. The van der Waals surface area contributed by atoms with Crippen molar-refractivity contribution in [2.45, 2.75) is 26.3 Å². The average Bonchev–Trinajstić information content (AvgIpc) is 2.20. The van der Waals surface area contributed by atoms with Crippen molar-refractivity contribution in [1.29, 1.82) is 0 Å². The van der Waals surface area contributed by atoms with Gasteiger partial charge >= 0.3 is 0 Å². The Kier molecular flexibility index (Phi) is 4.31. The lowest BCUT2D eigenvalue weighted by atomic mass is 10.1. The molecule has 0 saturated carbocycles. The van der Waals surface area contributed by atoms with Gasteiger partial charge in [0, 0.05) is 6.54 Å². The van der Waals surface area contributed by atoms with E-state index in [1.54, 1.807) is 6.92 Å². The maximum atomic E-state index is 11.2. The number of rotatable bonds is 4. The Labute approximate surface area is 90.7 Å². The molecular weight excluding hydrogens is 188 g/mol. The molecule has 0 aliphatic heterocycles. The fraction of sp³-hybridized carbons (Fsp3) is 0.417. The molecule has 15 heavy (non-hydrogen) atoms. The van der Waals surface area contributed by atoms with Gasteiger partial charge in [0.15, 0.2) is 0 Å². The summed E-state index contributed by atoms with van der Waals surface area (Å²) in [6.45, 7) is 4.38. The molecule has 0 aliphatic rings. The topological polar surface area (TPSA) is 55.1 Å². The van der Waals surface area contributed by atoms with E-state index in [1.807, 2.05) is 0 Å². The van der Waals surface area contributed by atoms with Crippen LogP contribution in [-0.4, -0.2) is 18.5 Å². The lowest BCUT2D eigenvalue weighted by Gasteiger charge is -2.07. The Morgan fingerprint density at radius 3 is 2.53 bits per heavy atom. The number of carbonyl (C=O) groups excluding carboxylic acids is 1. The van der Waals surface area contributed by atoms with Crippen LogP contribution in [0.5, 0.6) is 0 Å². The summed E-state index contributed by atoms with van der Waals surface area (Å²) in [6, 6.07) is 7.87. The third-order valence-electron chi connectivity index (χ3n) is 2.25. The van der Waals surface area contributed by atoms with E-state index in [-0.39, 0.29) is 5.91 Å². The normalized spacial score (nSPS) is 12.2. The van der Waals surface area contributed by atoms with Crippen LogP contribution in [0.2, 0.25) is 0 Å². The van der Waals surface area contributed by atoms with Crippen LogP contribution in [0.4, 0.5) is 0 Å². The highest BCUT2D eigenvalue weighted by Gasteiger charge is 2.05. The van der Waals surface area contributed by atoms with Gasteiger partial charge in [0.1, 0.15) is 0 Å². The number of benzene rings is 1. The third-order valence-corrected chi connectivity index (χ3v) is 2.25. The predicted molar refractivity (Wildman–Crippen MR) is 61.5 cm³/mol. The van der Waals surface area contributed by atoms with Crippen molar-refractivity contribution in [2.24, 2.45) is 5.73 Å². The van der Waals surface area contributed by atoms with Gasteiger partial charge in [-0.2, -0.15) is 0 Å². The molecule has 0 bridgehead atoms. The van der Waals surface area contributed by atoms with Crippen LogP contribution >= 0.6 is 0 Å². The minimum atomic E-state index is -0.428. The van der Waals surface area contributed by atoms with E-state index in [9.17, 15) is 4.79 Å². The number of hydrogen-bond donors (Lipinski definition) is 2. The number of carbonyl (C=O) groups is 1. The molecule has 1 atom stereocenters. The van der Waals surface area contributed by atoms with E-state index in [4.69, 9.17) is 5.73 Å². The Bertz CT molecular complexity index is 317. The van der Waals surface area contributed by atoms with Crippen LogP contribution in [0.3, 0.4) is 0 Å².